The molecule has 0 saturated carbocycles. The molecule has 0 fully saturated rings. The van der Waals surface area contributed by atoms with Crippen molar-refractivity contribution in [1.29, 1.82) is 0 Å². The van der Waals surface area contributed by atoms with Crippen molar-refractivity contribution in [3.05, 3.63) is 64.7 Å². The van der Waals surface area contributed by atoms with Crippen LogP contribution in [-0.4, -0.2) is 17.5 Å². The third-order valence-corrected chi connectivity index (χ3v) is 4.64. The monoisotopic (exact) mass is 349 g/mol. The van der Waals surface area contributed by atoms with Gasteiger partial charge in [-0.1, -0.05) is 38.1 Å². The summed E-state index contributed by atoms with van der Waals surface area (Å²) in [7, 11) is 0. The Hall–Kier alpha value is -2.95. The average Bonchev–Trinajstić information content (AvgIpc) is 2.62. The number of aryl methyl sites for hydroxylation is 2. The summed E-state index contributed by atoms with van der Waals surface area (Å²) in [5.41, 5.74) is 7.92. The number of carbonyl (C=O) groups is 2. The van der Waals surface area contributed by atoms with Gasteiger partial charge in [0, 0.05) is 23.6 Å². The highest BCUT2D eigenvalue weighted by Gasteiger charge is 2.21. The van der Waals surface area contributed by atoms with Gasteiger partial charge in [0.25, 0.3) is 5.91 Å². The fourth-order valence-electron chi connectivity index (χ4n) is 3.13. The summed E-state index contributed by atoms with van der Waals surface area (Å²) >= 11 is 0. The maximum Gasteiger partial charge on any atom is 0.255 e. The van der Waals surface area contributed by atoms with Crippen LogP contribution in [0.4, 0.5) is 5.69 Å². The summed E-state index contributed by atoms with van der Waals surface area (Å²) in [4.78, 5) is 23.9. The Labute approximate surface area is 153 Å². The quantitative estimate of drug-likeness (QED) is 0.884. The number of amides is 2. The predicted octanol–water partition coefficient (Wildman–Crippen LogP) is 3.67. The molecule has 0 saturated heterocycles. The highest BCUT2D eigenvalue weighted by Crippen LogP contribution is 2.19. The molecule has 1 unspecified atom stereocenters. The topological polar surface area (TPSA) is 70.6 Å². The lowest BCUT2D eigenvalue weighted by molar-refractivity contribution is -0.121. The Morgan fingerprint density at radius 3 is 2.58 bits per heavy atom. The van der Waals surface area contributed by atoms with Crippen LogP contribution in [0.1, 0.15) is 47.3 Å². The Morgan fingerprint density at radius 1 is 1.23 bits per heavy atom. The van der Waals surface area contributed by atoms with E-state index in [0.717, 1.165) is 28.9 Å². The Balaban J connectivity index is 1.73. The van der Waals surface area contributed by atoms with E-state index in [0.29, 0.717) is 12.0 Å². The lowest BCUT2D eigenvalue weighted by Gasteiger charge is -2.19. The second-order valence-corrected chi connectivity index (χ2v) is 6.67. The molecule has 1 atom stereocenters. The van der Waals surface area contributed by atoms with Crippen molar-refractivity contribution in [2.24, 2.45) is 11.0 Å². The highest BCUT2D eigenvalue weighted by molar-refractivity contribution is 6.07. The van der Waals surface area contributed by atoms with Crippen LogP contribution in [-0.2, 0) is 11.2 Å². The molecule has 1 heterocycles. The molecule has 0 radical (unpaired) electrons. The number of rotatable bonds is 4. The first kappa shape index (κ1) is 17.9. The van der Waals surface area contributed by atoms with E-state index in [1.165, 1.54) is 5.56 Å². The van der Waals surface area contributed by atoms with E-state index in [-0.39, 0.29) is 17.7 Å². The molecule has 0 aromatic heterocycles. The van der Waals surface area contributed by atoms with E-state index in [4.69, 9.17) is 0 Å². The number of carbonyl (C=O) groups excluding carboxylic acids is 2. The number of nitrogens with zero attached hydrogens (tertiary/aromatic N) is 1. The smallest absolute Gasteiger partial charge is 0.255 e. The minimum Gasteiger partial charge on any atom is -0.322 e. The molecular formula is C21H23N3O2. The van der Waals surface area contributed by atoms with Gasteiger partial charge >= 0.3 is 0 Å². The van der Waals surface area contributed by atoms with Crippen LogP contribution in [0.3, 0.4) is 0 Å². The average molecular weight is 349 g/mol. The lowest BCUT2D eigenvalue weighted by atomic mass is 9.94. The van der Waals surface area contributed by atoms with Crippen molar-refractivity contribution in [2.75, 3.05) is 5.32 Å². The van der Waals surface area contributed by atoms with Crippen molar-refractivity contribution < 1.29 is 9.59 Å². The molecule has 2 aromatic rings. The van der Waals surface area contributed by atoms with E-state index in [1.54, 1.807) is 0 Å². The van der Waals surface area contributed by atoms with E-state index in [1.807, 2.05) is 50.2 Å². The summed E-state index contributed by atoms with van der Waals surface area (Å²) in [5, 5.41) is 7.09. The Morgan fingerprint density at radius 2 is 1.96 bits per heavy atom. The van der Waals surface area contributed by atoms with Crippen LogP contribution >= 0.6 is 0 Å². The maximum atomic E-state index is 12.5. The van der Waals surface area contributed by atoms with E-state index < -0.39 is 0 Å². The van der Waals surface area contributed by atoms with Crippen molar-refractivity contribution in [2.45, 2.75) is 33.6 Å². The van der Waals surface area contributed by atoms with Crippen LogP contribution in [0.25, 0.3) is 0 Å². The normalized spacial score (nSPS) is 16.7. The van der Waals surface area contributed by atoms with Gasteiger partial charge in [0.05, 0.1) is 5.71 Å². The van der Waals surface area contributed by atoms with Crippen molar-refractivity contribution >= 4 is 23.2 Å². The highest BCUT2D eigenvalue weighted by atomic mass is 16.2. The molecule has 2 N–H and O–H groups in total. The van der Waals surface area contributed by atoms with Crippen LogP contribution in [0, 0.1) is 12.8 Å². The standard InChI is InChI=1S/C21H23N3O2/c1-4-15-5-10-18(13(2)11-15)21(26)22-17-8-6-16(7-9-17)20-14(3)12-19(25)23-24-20/h5-11,14H,4,12H2,1-3H3,(H,22,26)(H,23,25). The predicted molar refractivity (Wildman–Crippen MR) is 103 cm³/mol. The van der Waals surface area contributed by atoms with Crippen molar-refractivity contribution in [3.8, 4) is 0 Å². The molecule has 134 valence electrons. The van der Waals surface area contributed by atoms with Gasteiger partial charge in [-0.3, -0.25) is 9.59 Å². The minimum absolute atomic E-state index is 0.0606. The van der Waals surface area contributed by atoms with Crippen LogP contribution in [0.5, 0.6) is 0 Å². The molecule has 0 aliphatic carbocycles. The summed E-state index contributed by atoms with van der Waals surface area (Å²) in [6, 6.07) is 13.4. The van der Waals surface area contributed by atoms with Crippen LogP contribution < -0.4 is 10.7 Å². The second-order valence-electron chi connectivity index (χ2n) is 6.67. The maximum absolute atomic E-state index is 12.5. The number of hydrazone groups is 1. The molecule has 2 amide bonds. The number of hydrogen-bond acceptors (Lipinski definition) is 3. The first-order valence-corrected chi connectivity index (χ1v) is 8.85. The van der Waals surface area contributed by atoms with Crippen molar-refractivity contribution in [3.63, 3.8) is 0 Å². The van der Waals surface area contributed by atoms with Crippen molar-refractivity contribution in [1.82, 2.24) is 5.43 Å². The van der Waals surface area contributed by atoms with E-state index >= 15 is 0 Å². The molecule has 1 aliphatic heterocycles. The zero-order chi connectivity index (χ0) is 18.7. The minimum atomic E-state index is -0.117. The summed E-state index contributed by atoms with van der Waals surface area (Å²) in [5.74, 6) is -0.105. The van der Waals surface area contributed by atoms with Crippen LogP contribution in [0.15, 0.2) is 47.6 Å². The van der Waals surface area contributed by atoms with Gasteiger partial charge in [0.1, 0.15) is 0 Å². The first-order chi connectivity index (χ1) is 12.5. The largest absolute Gasteiger partial charge is 0.322 e. The molecule has 2 aromatic carbocycles. The summed E-state index contributed by atoms with van der Waals surface area (Å²) in [6.07, 6.45) is 1.39. The molecular weight excluding hydrogens is 326 g/mol. The first-order valence-electron chi connectivity index (χ1n) is 8.85. The molecule has 0 bridgehead atoms. The van der Waals surface area contributed by atoms with Gasteiger partial charge in [0.15, 0.2) is 0 Å². The van der Waals surface area contributed by atoms with Gasteiger partial charge in [0.2, 0.25) is 5.91 Å². The SMILES string of the molecule is CCc1ccc(C(=O)Nc2ccc(C3=NNC(=O)CC3C)cc2)c(C)c1. The van der Waals surface area contributed by atoms with Gasteiger partial charge in [-0.05, 0) is 48.2 Å². The zero-order valence-electron chi connectivity index (χ0n) is 15.3. The molecule has 1 aliphatic rings. The van der Waals surface area contributed by atoms with E-state index in [9.17, 15) is 9.59 Å². The molecule has 5 nitrogen and oxygen atoms in total. The third-order valence-electron chi connectivity index (χ3n) is 4.64. The number of anilines is 1. The zero-order valence-corrected chi connectivity index (χ0v) is 15.3. The third kappa shape index (κ3) is 3.82. The molecule has 26 heavy (non-hydrogen) atoms. The van der Waals surface area contributed by atoms with Gasteiger partial charge in [-0.2, -0.15) is 5.10 Å². The second kappa shape index (κ2) is 7.52. The van der Waals surface area contributed by atoms with Gasteiger partial charge < -0.3 is 5.32 Å². The molecule has 0 spiro atoms. The molecule has 3 rings (SSSR count). The fraction of sp³-hybridized carbons (Fsp3) is 0.286. The number of nitrogens with one attached hydrogen (secondary N) is 2. The number of hydrogen-bond donors (Lipinski definition) is 2. The van der Waals surface area contributed by atoms with Gasteiger partial charge in [-0.25, -0.2) is 5.43 Å². The van der Waals surface area contributed by atoms with Gasteiger partial charge in [-0.15, -0.1) is 0 Å². The lowest BCUT2D eigenvalue weighted by Crippen LogP contribution is -2.31. The molecule has 5 heteroatoms. The summed E-state index contributed by atoms with van der Waals surface area (Å²) < 4.78 is 0. The summed E-state index contributed by atoms with van der Waals surface area (Å²) in [6.45, 7) is 6.03. The fourth-order valence-corrected chi connectivity index (χ4v) is 3.13. The Kier molecular flexibility index (Phi) is 5.16. The number of benzene rings is 2. The van der Waals surface area contributed by atoms with Crippen LogP contribution in [0.2, 0.25) is 0 Å². The Bertz CT molecular complexity index is 869. The van der Waals surface area contributed by atoms with E-state index in [2.05, 4.69) is 28.8 Å².